The van der Waals surface area contributed by atoms with Crippen molar-refractivity contribution >= 4 is 21.7 Å². The Bertz CT molecular complexity index is 372. The molecule has 0 aromatic heterocycles. The first-order valence-electron chi connectivity index (χ1n) is 3.39. The zero-order chi connectivity index (χ0) is 10.9. The summed E-state index contributed by atoms with van der Waals surface area (Å²) in [4.78, 5) is 6.95. The first kappa shape index (κ1) is 11.2. The van der Waals surface area contributed by atoms with Gasteiger partial charge in [-0.2, -0.15) is 8.78 Å². The predicted octanol–water partition coefficient (Wildman–Crippen LogP) is 3.14. The Balaban J connectivity index is 3.19. The van der Waals surface area contributed by atoms with Crippen molar-refractivity contribution in [2.75, 3.05) is 0 Å². The van der Waals surface area contributed by atoms with Gasteiger partial charge in [0.2, 0.25) is 5.78 Å². The minimum absolute atomic E-state index is 0.423. The van der Waals surface area contributed by atoms with Gasteiger partial charge in [0.15, 0.2) is 0 Å². The summed E-state index contributed by atoms with van der Waals surface area (Å²) in [5, 5.41) is 0. The van der Waals surface area contributed by atoms with Crippen molar-refractivity contribution in [3.8, 4) is 0 Å². The van der Waals surface area contributed by atoms with Crippen LogP contribution in [-0.4, -0.2) is 10.6 Å². The van der Waals surface area contributed by atoms with Crippen LogP contribution in [0.3, 0.4) is 0 Å². The summed E-state index contributed by atoms with van der Waals surface area (Å²) in [6.45, 7) is 0. The number of carbonyl (C=O) groups excluding carboxylic acids is 1. The number of carbonyl (C=O) groups is 1. The van der Waals surface area contributed by atoms with E-state index >= 15 is 0 Å². The van der Waals surface area contributed by atoms with Gasteiger partial charge in [-0.15, -0.1) is 0 Å². The highest BCUT2D eigenvalue weighted by Crippen LogP contribution is 2.27. The Morgan fingerprint density at radius 2 is 1.86 bits per heavy atom. The van der Waals surface area contributed by atoms with E-state index in [2.05, 4.69) is 0 Å². The van der Waals surface area contributed by atoms with Gasteiger partial charge in [0.05, 0.1) is 5.56 Å². The molecule has 0 fully saturated rings. The van der Waals surface area contributed by atoms with Gasteiger partial charge in [0, 0.05) is 0 Å². The summed E-state index contributed by atoms with van der Waals surface area (Å²) in [5.74, 6) is -3.95. The van der Waals surface area contributed by atoms with Crippen LogP contribution in [0.25, 0.3) is 0 Å². The average molecular weight is 271 g/mol. The molecule has 0 radical (unpaired) electrons. The largest absolute Gasteiger partial charge is 0.363 e. The summed E-state index contributed by atoms with van der Waals surface area (Å²) < 4.78 is 50.1. The quantitative estimate of drug-likeness (QED) is 0.459. The summed E-state index contributed by atoms with van der Waals surface area (Å²) in [6, 6.07) is 1.77. The van der Waals surface area contributed by atoms with Crippen molar-refractivity contribution in [3.63, 3.8) is 0 Å². The van der Waals surface area contributed by atoms with Crippen molar-refractivity contribution < 1.29 is 22.4 Å². The Kier molecular flexibility index (Phi) is 2.94. The molecule has 0 aliphatic rings. The number of benzene rings is 1. The van der Waals surface area contributed by atoms with Gasteiger partial charge in [0.25, 0.3) is 0 Å². The number of rotatable bonds is 2. The van der Waals surface area contributed by atoms with Crippen LogP contribution >= 0.6 is 15.9 Å². The molecule has 0 N–H and O–H groups in total. The van der Waals surface area contributed by atoms with E-state index in [1.54, 1.807) is 15.9 Å². The van der Waals surface area contributed by atoms with Crippen molar-refractivity contribution in [3.05, 3.63) is 35.4 Å². The lowest BCUT2D eigenvalue weighted by atomic mass is 10.1. The van der Waals surface area contributed by atoms with Crippen molar-refractivity contribution in [1.29, 1.82) is 0 Å². The van der Waals surface area contributed by atoms with Gasteiger partial charge in [-0.05, 0) is 34.1 Å². The predicted molar refractivity (Wildman–Crippen MR) is 44.6 cm³/mol. The van der Waals surface area contributed by atoms with Crippen LogP contribution in [0.2, 0.25) is 0 Å². The fourth-order valence-corrected chi connectivity index (χ4v) is 1.04. The fraction of sp³-hybridized carbons (Fsp3) is 0.125. The van der Waals surface area contributed by atoms with E-state index in [0.29, 0.717) is 12.1 Å². The highest BCUT2D eigenvalue weighted by atomic mass is 79.9. The second kappa shape index (κ2) is 3.68. The molecule has 0 bridgehead atoms. The van der Waals surface area contributed by atoms with Crippen LogP contribution in [0, 0.1) is 11.6 Å². The lowest BCUT2D eigenvalue weighted by molar-refractivity contribution is 0.0587. The van der Waals surface area contributed by atoms with E-state index in [9.17, 15) is 22.4 Å². The molecular weight excluding hydrogens is 268 g/mol. The van der Waals surface area contributed by atoms with Gasteiger partial charge < -0.3 is 0 Å². The third-order valence-electron chi connectivity index (χ3n) is 1.43. The molecule has 1 rings (SSSR count). The molecule has 6 heteroatoms. The molecule has 1 aromatic carbocycles. The Morgan fingerprint density at radius 3 is 2.36 bits per heavy atom. The van der Waals surface area contributed by atoms with Gasteiger partial charge in [-0.3, -0.25) is 4.79 Å². The van der Waals surface area contributed by atoms with Gasteiger partial charge in [-0.25, -0.2) is 8.78 Å². The Morgan fingerprint density at radius 1 is 1.29 bits per heavy atom. The molecule has 0 saturated heterocycles. The molecule has 14 heavy (non-hydrogen) atoms. The topological polar surface area (TPSA) is 17.1 Å². The average Bonchev–Trinajstić information content (AvgIpc) is 2.06. The number of hydrogen-bond donors (Lipinski definition) is 0. The molecule has 0 unspecified atom stereocenters. The number of Topliss-reactive ketones (excluding diaryl/α,β-unsaturated/α-hetero) is 1. The molecule has 0 atom stereocenters. The smallest absolute Gasteiger partial charge is 0.286 e. The van der Waals surface area contributed by atoms with Gasteiger partial charge >= 0.3 is 4.83 Å². The maximum atomic E-state index is 12.8. The molecule has 76 valence electrons. The number of alkyl halides is 3. The maximum Gasteiger partial charge on any atom is 0.363 e. The van der Waals surface area contributed by atoms with Gasteiger partial charge in [0.1, 0.15) is 11.6 Å². The third kappa shape index (κ3) is 2.31. The standard InChI is InChI=1S/C8H3BrF4O/c9-8(12,13)7(14)5-3-4(10)1-2-6(5)11/h1-3H. The van der Waals surface area contributed by atoms with E-state index < -0.39 is 27.8 Å². The molecule has 0 saturated carbocycles. The fourth-order valence-electron chi connectivity index (χ4n) is 0.824. The van der Waals surface area contributed by atoms with E-state index in [4.69, 9.17) is 0 Å². The molecular formula is C8H3BrF4O. The zero-order valence-electron chi connectivity index (χ0n) is 6.53. The highest BCUT2D eigenvalue weighted by Gasteiger charge is 2.37. The first-order valence-corrected chi connectivity index (χ1v) is 4.18. The molecule has 0 heterocycles. The minimum atomic E-state index is -3.89. The summed E-state index contributed by atoms with van der Waals surface area (Å²) in [7, 11) is 0. The van der Waals surface area contributed by atoms with Crippen LogP contribution in [0.1, 0.15) is 10.4 Å². The normalized spacial score (nSPS) is 11.5. The van der Waals surface area contributed by atoms with Crippen LogP contribution in [0.4, 0.5) is 17.6 Å². The molecule has 0 aliphatic heterocycles. The highest BCUT2D eigenvalue weighted by molar-refractivity contribution is 9.10. The SMILES string of the molecule is O=C(c1cc(F)ccc1F)C(F)(F)Br. The molecule has 1 aromatic rings. The summed E-state index contributed by atoms with van der Waals surface area (Å²) in [5.41, 5.74) is -0.980. The molecule has 0 aliphatic carbocycles. The number of ketones is 1. The zero-order valence-corrected chi connectivity index (χ0v) is 8.12. The van der Waals surface area contributed by atoms with Crippen molar-refractivity contribution in [2.24, 2.45) is 0 Å². The summed E-state index contributed by atoms with van der Waals surface area (Å²) in [6.07, 6.45) is 0. The lowest BCUT2D eigenvalue weighted by Gasteiger charge is -2.07. The Labute approximate surface area is 84.9 Å². The first-order chi connectivity index (χ1) is 6.32. The van der Waals surface area contributed by atoms with Crippen molar-refractivity contribution in [1.82, 2.24) is 0 Å². The van der Waals surface area contributed by atoms with E-state index in [1.165, 1.54) is 0 Å². The van der Waals surface area contributed by atoms with E-state index in [-0.39, 0.29) is 0 Å². The minimum Gasteiger partial charge on any atom is -0.286 e. The second-order valence-electron chi connectivity index (χ2n) is 2.45. The maximum absolute atomic E-state index is 12.8. The molecule has 1 nitrogen and oxygen atoms in total. The molecule has 0 amide bonds. The van der Waals surface area contributed by atoms with E-state index in [0.717, 1.165) is 6.07 Å². The third-order valence-corrected chi connectivity index (χ3v) is 1.79. The second-order valence-corrected chi connectivity index (χ2v) is 3.45. The van der Waals surface area contributed by atoms with Gasteiger partial charge in [-0.1, -0.05) is 0 Å². The van der Waals surface area contributed by atoms with Crippen LogP contribution in [0.15, 0.2) is 18.2 Å². The number of halogens is 5. The van der Waals surface area contributed by atoms with Crippen LogP contribution in [0.5, 0.6) is 0 Å². The van der Waals surface area contributed by atoms with Crippen LogP contribution < -0.4 is 0 Å². The van der Waals surface area contributed by atoms with Crippen molar-refractivity contribution in [2.45, 2.75) is 4.83 Å². The number of hydrogen-bond acceptors (Lipinski definition) is 1. The van der Waals surface area contributed by atoms with Crippen LogP contribution in [-0.2, 0) is 0 Å². The summed E-state index contributed by atoms with van der Waals surface area (Å²) >= 11 is 1.77. The Hall–Kier alpha value is -0.910. The van der Waals surface area contributed by atoms with E-state index in [1.807, 2.05) is 0 Å². The lowest BCUT2D eigenvalue weighted by Crippen LogP contribution is -2.22. The monoisotopic (exact) mass is 270 g/mol. The molecule has 0 spiro atoms.